The van der Waals surface area contributed by atoms with E-state index in [-0.39, 0.29) is 36.4 Å². The fraction of sp³-hybridized carbons (Fsp3) is 0.778. The van der Waals surface area contributed by atoms with Gasteiger partial charge in [-0.2, -0.15) is 0 Å². The van der Waals surface area contributed by atoms with Gasteiger partial charge in [0.05, 0.1) is 6.61 Å². The Balaban J connectivity index is 0.00000625. The van der Waals surface area contributed by atoms with E-state index in [0.717, 1.165) is 37.8 Å². The molecule has 1 amide bonds. The van der Waals surface area contributed by atoms with Crippen molar-refractivity contribution in [2.75, 3.05) is 60.5 Å². The molecule has 0 aliphatic carbocycles. The second-order valence-corrected chi connectivity index (χ2v) is 7.07. The van der Waals surface area contributed by atoms with Crippen molar-refractivity contribution in [3.05, 3.63) is 12.2 Å². The molecule has 1 rings (SSSR count). The molecule has 8 heteroatoms. The van der Waals surface area contributed by atoms with Gasteiger partial charge in [-0.05, 0) is 20.8 Å². The minimum atomic E-state index is -0.00514. The summed E-state index contributed by atoms with van der Waals surface area (Å²) in [6.07, 6.45) is 0. The van der Waals surface area contributed by atoms with Crippen molar-refractivity contribution < 1.29 is 9.53 Å². The molecule has 1 saturated heterocycles. The lowest BCUT2D eigenvalue weighted by Gasteiger charge is -2.45. The molecule has 1 fully saturated rings. The Labute approximate surface area is 175 Å². The van der Waals surface area contributed by atoms with E-state index in [1.54, 1.807) is 26.1 Å². The van der Waals surface area contributed by atoms with Crippen LogP contribution in [0.15, 0.2) is 17.1 Å². The normalized spacial score (nSPS) is 21.2. The van der Waals surface area contributed by atoms with Gasteiger partial charge >= 0.3 is 0 Å². The van der Waals surface area contributed by atoms with Crippen LogP contribution in [0.3, 0.4) is 0 Å². The lowest BCUT2D eigenvalue weighted by molar-refractivity contribution is -0.127. The van der Waals surface area contributed by atoms with Crippen LogP contribution in [0.5, 0.6) is 0 Å². The first-order chi connectivity index (χ1) is 11.8. The van der Waals surface area contributed by atoms with Gasteiger partial charge in [-0.1, -0.05) is 12.2 Å². The standard InChI is InChI=1S/C18H35N5O2.HI/c1-14(2)10-19-18(20-11-17(24)21(5)6)22-12-15(3)23(8-9-25-7)16(4)13-22;/h15-16H,1,8-13H2,2-7H3,(H,19,20);1H. The number of ether oxygens (including phenoxy) is 1. The number of hydrogen-bond donors (Lipinski definition) is 1. The smallest absolute Gasteiger partial charge is 0.243 e. The molecular weight excluding hydrogens is 445 g/mol. The van der Waals surface area contributed by atoms with E-state index >= 15 is 0 Å². The van der Waals surface area contributed by atoms with Gasteiger partial charge in [-0.3, -0.25) is 9.69 Å². The average molecular weight is 481 g/mol. The highest BCUT2D eigenvalue weighted by Gasteiger charge is 2.30. The van der Waals surface area contributed by atoms with Gasteiger partial charge in [0.2, 0.25) is 5.91 Å². The number of piperazine rings is 1. The van der Waals surface area contributed by atoms with E-state index in [2.05, 4.69) is 40.5 Å². The highest BCUT2D eigenvalue weighted by atomic mass is 127. The fourth-order valence-electron chi connectivity index (χ4n) is 2.95. The molecule has 1 aliphatic heterocycles. The number of methoxy groups -OCH3 is 1. The Morgan fingerprint density at radius 3 is 2.35 bits per heavy atom. The number of amides is 1. The monoisotopic (exact) mass is 481 g/mol. The molecule has 0 aromatic carbocycles. The van der Waals surface area contributed by atoms with Crippen LogP contribution in [-0.2, 0) is 9.53 Å². The number of aliphatic imine (C=N–C) groups is 1. The number of rotatable bonds is 7. The van der Waals surface area contributed by atoms with E-state index in [1.807, 2.05) is 6.92 Å². The minimum Gasteiger partial charge on any atom is -0.383 e. The molecule has 0 saturated carbocycles. The van der Waals surface area contributed by atoms with Crippen molar-refractivity contribution in [2.45, 2.75) is 32.9 Å². The largest absolute Gasteiger partial charge is 0.383 e. The Kier molecular flexibility index (Phi) is 12.1. The highest BCUT2D eigenvalue weighted by molar-refractivity contribution is 14.0. The molecule has 1 N–H and O–H groups in total. The van der Waals surface area contributed by atoms with Crippen LogP contribution in [0.25, 0.3) is 0 Å². The summed E-state index contributed by atoms with van der Waals surface area (Å²) in [4.78, 5) is 22.7. The predicted molar refractivity (Wildman–Crippen MR) is 118 cm³/mol. The molecule has 1 heterocycles. The third-order valence-corrected chi connectivity index (χ3v) is 4.37. The third-order valence-electron chi connectivity index (χ3n) is 4.37. The van der Waals surface area contributed by atoms with Crippen molar-refractivity contribution in [2.24, 2.45) is 4.99 Å². The number of nitrogens with zero attached hydrogens (tertiary/aromatic N) is 4. The second-order valence-electron chi connectivity index (χ2n) is 7.07. The molecule has 7 nitrogen and oxygen atoms in total. The zero-order chi connectivity index (χ0) is 19.0. The minimum absolute atomic E-state index is 0. The predicted octanol–water partition coefficient (Wildman–Crippen LogP) is 1.26. The average Bonchev–Trinajstić information content (AvgIpc) is 2.53. The topological polar surface area (TPSA) is 60.4 Å². The fourth-order valence-corrected chi connectivity index (χ4v) is 2.95. The van der Waals surface area contributed by atoms with Crippen molar-refractivity contribution >= 4 is 35.8 Å². The molecule has 152 valence electrons. The van der Waals surface area contributed by atoms with Gasteiger partial charge in [0.1, 0.15) is 6.54 Å². The maximum absolute atomic E-state index is 11.9. The van der Waals surface area contributed by atoms with E-state index in [0.29, 0.717) is 18.6 Å². The lowest BCUT2D eigenvalue weighted by atomic mass is 10.1. The summed E-state index contributed by atoms with van der Waals surface area (Å²) in [5.74, 6) is 0.776. The SMILES string of the molecule is C=C(C)CNC(=NCC(=O)N(C)C)N1CC(C)N(CCOC)C(C)C1.I. The lowest BCUT2D eigenvalue weighted by Crippen LogP contribution is -2.60. The Morgan fingerprint density at radius 2 is 1.88 bits per heavy atom. The zero-order valence-electron chi connectivity index (χ0n) is 17.1. The van der Waals surface area contributed by atoms with E-state index in [1.165, 1.54) is 0 Å². The van der Waals surface area contributed by atoms with Gasteiger partial charge in [-0.25, -0.2) is 4.99 Å². The molecular formula is C18H36IN5O2. The molecule has 0 spiro atoms. The van der Waals surface area contributed by atoms with Gasteiger partial charge in [0.25, 0.3) is 0 Å². The Morgan fingerprint density at radius 1 is 1.31 bits per heavy atom. The van der Waals surface area contributed by atoms with Crippen molar-refractivity contribution in [1.29, 1.82) is 0 Å². The maximum Gasteiger partial charge on any atom is 0.243 e. The quantitative estimate of drug-likeness (QED) is 0.257. The van der Waals surface area contributed by atoms with Crippen LogP contribution in [0.2, 0.25) is 0 Å². The number of likely N-dealkylation sites (N-methyl/N-ethyl adjacent to an activating group) is 1. The number of carbonyl (C=O) groups excluding carboxylic acids is 1. The molecule has 0 aromatic heterocycles. The van der Waals surface area contributed by atoms with E-state index in [9.17, 15) is 4.79 Å². The molecule has 1 aliphatic rings. The van der Waals surface area contributed by atoms with Gasteiger partial charge < -0.3 is 19.9 Å². The van der Waals surface area contributed by atoms with Crippen LogP contribution in [0.1, 0.15) is 20.8 Å². The van der Waals surface area contributed by atoms with Crippen LogP contribution >= 0.6 is 24.0 Å². The summed E-state index contributed by atoms with van der Waals surface area (Å²) >= 11 is 0. The highest BCUT2D eigenvalue weighted by Crippen LogP contribution is 2.15. The van der Waals surface area contributed by atoms with Crippen molar-refractivity contribution in [1.82, 2.24) is 20.0 Å². The van der Waals surface area contributed by atoms with Crippen LogP contribution in [0.4, 0.5) is 0 Å². The number of nitrogens with one attached hydrogen (secondary N) is 1. The molecule has 0 radical (unpaired) electrons. The number of guanidine groups is 1. The number of halogens is 1. The summed E-state index contributed by atoms with van der Waals surface area (Å²) < 4.78 is 5.22. The maximum atomic E-state index is 11.9. The van der Waals surface area contributed by atoms with Crippen molar-refractivity contribution in [3.8, 4) is 0 Å². The van der Waals surface area contributed by atoms with E-state index in [4.69, 9.17) is 4.74 Å². The first-order valence-electron chi connectivity index (χ1n) is 8.88. The Hall–Kier alpha value is -0.870. The van der Waals surface area contributed by atoms with Gasteiger partial charge in [0.15, 0.2) is 5.96 Å². The summed E-state index contributed by atoms with van der Waals surface area (Å²) in [5, 5.41) is 3.34. The molecule has 2 atom stereocenters. The van der Waals surface area contributed by atoms with Crippen LogP contribution in [-0.4, -0.2) is 99.2 Å². The summed E-state index contributed by atoms with van der Waals surface area (Å²) in [6.45, 7) is 14.6. The van der Waals surface area contributed by atoms with Crippen LogP contribution in [0, 0.1) is 0 Å². The first-order valence-corrected chi connectivity index (χ1v) is 8.88. The summed E-state index contributed by atoms with van der Waals surface area (Å²) in [7, 11) is 5.23. The van der Waals surface area contributed by atoms with Crippen molar-refractivity contribution in [3.63, 3.8) is 0 Å². The molecule has 26 heavy (non-hydrogen) atoms. The first kappa shape index (κ1) is 25.1. The number of carbonyl (C=O) groups is 1. The zero-order valence-corrected chi connectivity index (χ0v) is 19.4. The molecule has 0 aromatic rings. The van der Waals surface area contributed by atoms with Gasteiger partial charge in [-0.15, -0.1) is 24.0 Å². The van der Waals surface area contributed by atoms with E-state index < -0.39 is 0 Å². The second kappa shape index (κ2) is 12.5. The summed E-state index contributed by atoms with van der Waals surface area (Å²) in [6, 6.07) is 0.778. The molecule has 2 unspecified atom stereocenters. The number of hydrogen-bond acceptors (Lipinski definition) is 4. The van der Waals surface area contributed by atoms with Gasteiger partial charge in [0, 0.05) is 59.5 Å². The molecule has 0 bridgehead atoms. The Bertz CT molecular complexity index is 472. The third kappa shape index (κ3) is 8.22. The summed E-state index contributed by atoms with van der Waals surface area (Å²) in [5.41, 5.74) is 1.03. The van der Waals surface area contributed by atoms with Crippen LogP contribution < -0.4 is 5.32 Å².